The van der Waals surface area contributed by atoms with Crippen molar-refractivity contribution in [2.45, 2.75) is 20.4 Å². The Balaban J connectivity index is 2.18. The SMILES string of the molecule is CC(C)CNCc1cc(F)c(-n2cccn2)c(F)c1. The number of hydrogen-bond donors (Lipinski definition) is 1. The van der Waals surface area contributed by atoms with Crippen LogP contribution in [0.5, 0.6) is 0 Å². The minimum atomic E-state index is -0.606. The van der Waals surface area contributed by atoms with Crippen molar-refractivity contribution in [3.05, 3.63) is 47.8 Å². The number of rotatable bonds is 5. The molecule has 1 aromatic heterocycles. The highest BCUT2D eigenvalue weighted by Gasteiger charge is 2.13. The summed E-state index contributed by atoms with van der Waals surface area (Å²) < 4.78 is 29.1. The van der Waals surface area contributed by atoms with Crippen LogP contribution in [0, 0.1) is 17.6 Å². The lowest BCUT2D eigenvalue weighted by Crippen LogP contribution is -2.19. The molecule has 2 rings (SSSR count). The van der Waals surface area contributed by atoms with E-state index < -0.39 is 11.6 Å². The van der Waals surface area contributed by atoms with Crippen LogP contribution >= 0.6 is 0 Å². The van der Waals surface area contributed by atoms with Gasteiger partial charge in [0.05, 0.1) is 0 Å². The Kier molecular flexibility index (Phi) is 4.27. The summed E-state index contributed by atoms with van der Waals surface area (Å²) >= 11 is 0. The van der Waals surface area contributed by atoms with Gasteiger partial charge in [-0.15, -0.1) is 0 Å². The molecule has 102 valence electrons. The molecule has 0 radical (unpaired) electrons. The van der Waals surface area contributed by atoms with Gasteiger partial charge in [-0.25, -0.2) is 13.5 Å². The predicted molar refractivity (Wildman–Crippen MR) is 70.0 cm³/mol. The van der Waals surface area contributed by atoms with Crippen LogP contribution in [-0.2, 0) is 6.54 Å². The van der Waals surface area contributed by atoms with Crippen molar-refractivity contribution in [2.75, 3.05) is 6.54 Å². The van der Waals surface area contributed by atoms with E-state index in [1.54, 1.807) is 6.07 Å². The number of nitrogens with one attached hydrogen (secondary N) is 1. The van der Waals surface area contributed by atoms with Crippen molar-refractivity contribution in [3.8, 4) is 5.69 Å². The fourth-order valence-electron chi connectivity index (χ4n) is 1.85. The third-order valence-corrected chi connectivity index (χ3v) is 2.69. The molecule has 2 aromatic rings. The number of halogens is 2. The molecule has 0 amide bonds. The number of benzene rings is 1. The van der Waals surface area contributed by atoms with Crippen LogP contribution in [0.2, 0.25) is 0 Å². The van der Waals surface area contributed by atoms with Crippen LogP contribution in [0.1, 0.15) is 19.4 Å². The molecule has 5 heteroatoms. The summed E-state index contributed by atoms with van der Waals surface area (Å²) in [4.78, 5) is 0. The Hall–Kier alpha value is -1.75. The highest BCUT2D eigenvalue weighted by molar-refractivity contribution is 5.37. The van der Waals surface area contributed by atoms with Gasteiger partial charge in [0.25, 0.3) is 0 Å². The van der Waals surface area contributed by atoms with Crippen LogP contribution in [0.15, 0.2) is 30.6 Å². The van der Waals surface area contributed by atoms with Gasteiger partial charge in [-0.3, -0.25) is 0 Å². The fraction of sp³-hybridized carbons (Fsp3) is 0.357. The number of nitrogens with zero attached hydrogens (tertiary/aromatic N) is 2. The molecule has 0 aliphatic heterocycles. The Bertz CT molecular complexity index is 513. The van der Waals surface area contributed by atoms with E-state index in [9.17, 15) is 8.78 Å². The van der Waals surface area contributed by atoms with E-state index in [0.717, 1.165) is 6.54 Å². The maximum atomic E-state index is 13.9. The second-order valence-electron chi connectivity index (χ2n) is 4.88. The van der Waals surface area contributed by atoms with E-state index in [0.29, 0.717) is 18.0 Å². The van der Waals surface area contributed by atoms with Gasteiger partial charge in [0.2, 0.25) is 0 Å². The summed E-state index contributed by atoms with van der Waals surface area (Å²) in [5.41, 5.74) is 0.448. The van der Waals surface area contributed by atoms with Gasteiger partial charge in [-0.05, 0) is 36.2 Å². The van der Waals surface area contributed by atoms with Crippen LogP contribution < -0.4 is 5.32 Å². The standard InChI is InChI=1S/C14H17F2N3/c1-10(2)8-17-9-11-6-12(15)14(13(16)7-11)19-5-3-4-18-19/h3-7,10,17H,8-9H2,1-2H3. The summed E-state index contributed by atoms with van der Waals surface area (Å²) in [7, 11) is 0. The van der Waals surface area contributed by atoms with Crippen LogP contribution in [-0.4, -0.2) is 16.3 Å². The zero-order chi connectivity index (χ0) is 13.8. The van der Waals surface area contributed by atoms with Crippen molar-refractivity contribution in [1.29, 1.82) is 0 Å². The van der Waals surface area contributed by atoms with Gasteiger partial charge in [-0.2, -0.15) is 5.10 Å². The zero-order valence-electron chi connectivity index (χ0n) is 11.0. The molecule has 0 aliphatic rings. The van der Waals surface area contributed by atoms with E-state index in [-0.39, 0.29) is 5.69 Å². The Morgan fingerprint density at radius 3 is 2.47 bits per heavy atom. The Labute approximate surface area is 111 Å². The smallest absolute Gasteiger partial charge is 0.152 e. The van der Waals surface area contributed by atoms with Crippen molar-refractivity contribution in [3.63, 3.8) is 0 Å². The molecule has 0 unspecified atom stereocenters. The van der Waals surface area contributed by atoms with E-state index in [1.165, 1.54) is 29.2 Å². The second kappa shape index (κ2) is 5.93. The first-order valence-corrected chi connectivity index (χ1v) is 6.26. The summed E-state index contributed by atoms with van der Waals surface area (Å²) in [6.07, 6.45) is 3.00. The maximum absolute atomic E-state index is 13.9. The van der Waals surface area contributed by atoms with Crippen molar-refractivity contribution in [1.82, 2.24) is 15.1 Å². The van der Waals surface area contributed by atoms with Gasteiger partial charge < -0.3 is 5.32 Å². The second-order valence-corrected chi connectivity index (χ2v) is 4.88. The first-order valence-electron chi connectivity index (χ1n) is 6.26. The molecule has 0 spiro atoms. The van der Waals surface area contributed by atoms with Gasteiger partial charge in [0.1, 0.15) is 5.69 Å². The summed E-state index contributed by atoms with van der Waals surface area (Å²) in [5, 5.41) is 7.00. The maximum Gasteiger partial charge on any atom is 0.152 e. The van der Waals surface area contributed by atoms with Gasteiger partial charge >= 0.3 is 0 Å². The number of hydrogen-bond acceptors (Lipinski definition) is 2. The molecule has 0 saturated carbocycles. The summed E-state index contributed by atoms with van der Waals surface area (Å²) in [6.45, 7) is 5.42. The molecule has 1 heterocycles. The fourth-order valence-corrected chi connectivity index (χ4v) is 1.85. The lowest BCUT2D eigenvalue weighted by molar-refractivity contribution is 0.537. The molecule has 3 nitrogen and oxygen atoms in total. The average Bonchev–Trinajstić information content (AvgIpc) is 2.81. The molecule has 0 atom stereocenters. The lowest BCUT2D eigenvalue weighted by Gasteiger charge is -2.10. The Morgan fingerprint density at radius 1 is 1.26 bits per heavy atom. The topological polar surface area (TPSA) is 29.9 Å². The van der Waals surface area contributed by atoms with Crippen LogP contribution in [0.3, 0.4) is 0 Å². The predicted octanol–water partition coefficient (Wildman–Crippen LogP) is 2.90. The minimum Gasteiger partial charge on any atom is -0.312 e. The highest BCUT2D eigenvalue weighted by Crippen LogP contribution is 2.19. The molecule has 1 N–H and O–H groups in total. The van der Waals surface area contributed by atoms with Crippen LogP contribution in [0.25, 0.3) is 5.69 Å². The Morgan fingerprint density at radius 2 is 1.95 bits per heavy atom. The average molecular weight is 265 g/mol. The molecule has 0 bridgehead atoms. The quantitative estimate of drug-likeness (QED) is 0.901. The molecule has 1 aromatic carbocycles. The van der Waals surface area contributed by atoms with Crippen LogP contribution in [0.4, 0.5) is 8.78 Å². The van der Waals surface area contributed by atoms with E-state index in [4.69, 9.17) is 0 Å². The van der Waals surface area contributed by atoms with Crippen molar-refractivity contribution < 1.29 is 8.78 Å². The molecule has 0 saturated heterocycles. The van der Waals surface area contributed by atoms with Gasteiger partial charge in [0.15, 0.2) is 11.6 Å². The normalized spacial score (nSPS) is 11.2. The monoisotopic (exact) mass is 265 g/mol. The molecular formula is C14H17F2N3. The highest BCUT2D eigenvalue weighted by atomic mass is 19.1. The summed E-state index contributed by atoms with van der Waals surface area (Å²) in [5.74, 6) is -0.715. The van der Waals surface area contributed by atoms with Crippen molar-refractivity contribution in [2.24, 2.45) is 5.92 Å². The first kappa shape index (κ1) is 13.7. The largest absolute Gasteiger partial charge is 0.312 e. The lowest BCUT2D eigenvalue weighted by atomic mass is 10.1. The first-order chi connectivity index (χ1) is 9.08. The summed E-state index contributed by atoms with van der Waals surface area (Å²) in [6, 6.07) is 4.30. The van der Waals surface area contributed by atoms with E-state index in [1.807, 2.05) is 0 Å². The zero-order valence-corrected chi connectivity index (χ0v) is 11.0. The molecule has 0 fully saturated rings. The third-order valence-electron chi connectivity index (χ3n) is 2.69. The van der Waals surface area contributed by atoms with E-state index in [2.05, 4.69) is 24.3 Å². The minimum absolute atomic E-state index is 0.141. The van der Waals surface area contributed by atoms with Crippen molar-refractivity contribution >= 4 is 0 Å². The molecular weight excluding hydrogens is 248 g/mol. The molecule has 0 aliphatic carbocycles. The molecule has 19 heavy (non-hydrogen) atoms. The van der Waals surface area contributed by atoms with E-state index >= 15 is 0 Å². The third kappa shape index (κ3) is 3.38. The van der Waals surface area contributed by atoms with Gasteiger partial charge in [0, 0.05) is 18.9 Å². The van der Waals surface area contributed by atoms with Gasteiger partial charge in [-0.1, -0.05) is 13.8 Å². The number of aromatic nitrogens is 2.